The van der Waals surface area contributed by atoms with Crippen LogP contribution in [0.5, 0.6) is 5.75 Å². The van der Waals surface area contributed by atoms with Crippen molar-refractivity contribution in [2.75, 3.05) is 0 Å². The molecule has 0 radical (unpaired) electrons. The Morgan fingerprint density at radius 2 is 2.26 bits per heavy atom. The summed E-state index contributed by atoms with van der Waals surface area (Å²) in [4.78, 5) is 11.5. The van der Waals surface area contributed by atoms with Gasteiger partial charge < -0.3 is 4.74 Å². The molecule has 0 aliphatic rings. The summed E-state index contributed by atoms with van der Waals surface area (Å²) in [5.41, 5.74) is 1.46. The van der Waals surface area contributed by atoms with Crippen molar-refractivity contribution in [3.63, 3.8) is 0 Å². The lowest BCUT2D eigenvalue weighted by Gasteiger charge is -2.09. The molecule has 4 nitrogen and oxygen atoms in total. The first-order valence-electron chi connectivity index (χ1n) is 6.04. The molecular weight excluding hydrogens is 264 g/mol. The maximum absolute atomic E-state index is 11.5. The molecule has 1 aromatic heterocycles. The molecule has 0 amide bonds. The van der Waals surface area contributed by atoms with Gasteiger partial charge in [0.15, 0.2) is 5.78 Å². The Kier molecular flexibility index (Phi) is 4.22. The highest BCUT2D eigenvalue weighted by Crippen LogP contribution is 2.24. The Labute approximate surface area is 116 Å². The fourth-order valence-electron chi connectivity index (χ4n) is 1.72. The second kappa shape index (κ2) is 5.89. The third-order valence-corrected chi connectivity index (χ3v) is 2.96. The number of aromatic nitrogens is 2. The van der Waals surface area contributed by atoms with E-state index in [-0.39, 0.29) is 5.78 Å². The molecule has 19 heavy (non-hydrogen) atoms. The maximum Gasteiger partial charge on any atom is 0.163 e. The predicted octanol–water partition coefficient (Wildman–Crippen LogP) is 3.34. The van der Waals surface area contributed by atoms with Gasteiger partial charge in [-0.15, -0.1) is 0 Å². The molecule has 100 valence electrons. The number of ether oxygens (including phenoxy) is 1. The highest BCUT2D eigenvalue weighted by Gasteiger charge is 2.10. The van der Waals surface area contributed by atoms with Crippen molar-refractivity contribution in [3.8, 4) is 5.75 Å². The quantitative estimate of drug-likeness (QED) is 0.788. The fourth-order valence-corrected chi connectivity index (χ4v) is 1.89. The molecule has 1 heterocycles. The number of hydrogen-bond donors (Lipinski definition) is 0. The average molecular weight is 279 g/mol. The van der Waals surface area contributed by atoms with E-state index in [1.165, 1.54) is 6.92 Å². The topological polar surface area (TPSA) is 44.1 Å². The number of benzene rings is 1. The summed E-state index contributed by atoms with van der Waals surface area (Å²) in [5.74, 6) is 0.475. The number of halogens is 1. The lowest BCUT2D eigenvalue weighted by atomic mass is 10.1. The Morgan fingerprint density at radius 3 is 2.89 bits per heavy atom. The number of carbonyl (C=O) groups is 1. The Bertz CT molecular complexity index is 593. The van der Waals surface area contributed by atoms with Crippen LogP contribution in [0, 0.1) is 0 Å². The molecule has 2 rings (SSSR count). The molecule has 0 bridgehead atoms. The fraction of sp³-hybridized carbons (Fsp3) is 0.286. The monoisotopic (exact) mass is 278 g/mol. The van der Waals surface area contributed by atoms with Gasteiger partial charge >= 0.3 is 0 Å². The largest absolute Gasteiger partial charge is 0.488 e. The summed E-state index contributed by atoms with van der Waals surface area (Å²) < 4.78 is 7.49. The van der Waals surface area contributed by atoms with Crippen molar-refractivity contribution < 1.29 is 9.53 Å². The summed E-state index contributed by atoms with van der Waals surface area (Å²) in [6.45, 7) is 4.71. The Hall–Kier alpha value is -1.81. The lowest BCUT2D eigenvalue weighted by molar-refractivity contribution is 0.101. The van der Waals surface area contributed by atoms with E-state index in [0.29, 0.717) is 22.9 Å². The maximum atomic E-state index is 11.5. The molecule has 0 saturated carbocycles. The van der Waals surface area contributed by atoms with Crippen LogP contribution in [0.4, 0.5) is 0 Å². The number of aryl methyl sites for hydroxylation is 1. The first-order chi connectivity index (χ1) is 9.10. The minimum absolute atomic E-state index is 0.0678. The smallest absolute Gasteiger partial charge is 0.163 e. The first-order valence-corrected chi connectivity index (χ1v) is 6.42. The summed E-state index contributed by atoms with van der Waals surface area (Å²) in [5, 5.41) is 4.69. The van der Waals surface area contributed by atoms with Crippen LogP contribution in [-0.4, -0.2) is 15.6 Å². The van der Waals surface area contributed by atoms with Crippen LogP contribution in [0.25, 0.3) is 0 Å². The van der Waals surface area contributed by atoms with E-state index < -0.39 is 0 Å². The molecular formula is C14H15ClN2O2. The predicted molar refractivity (Wildman–Crippen MR) is 73.7 cm³/mol. The van der Waals surface area contributed by atoms with Gasteiger partial charge in [-0.3, -0.25) is 9.48 Å². The van der Waals surface area contributed by atoms with E-state index in [2.05, 4.69) is 5.10 Å². The molecule has 5 heteroatoms. The van der Waals surface area contributed by atoms with Crippen LogP contribution < -0.4 is 4.74 Å². The summed E-state index contributed by atoms with van der Waals surface area (Å²) in [6.07, 6.45) is 3.68. The van der Waals surface area contributed by atoms with E-state index in [4.69, 9.17) is 16.3 Å². The molecule has 0 atom stereocenters. The van der Waals surface area contributed by atoms with E-state index >= 15 is 0 Å². The summed E-state index contributed by atoms with van der Waals surface area (Å²) in [6, 6.07) is 5.04. The van der Waals surface area contributed by atoms with Crippen molar-refractivity contribution in [1.82, 2.24) is 9.78 Å². The molecule has 1 aromatic carbocycles. The third kappa shape index (κ3) is 3.35. The SMILES string of the molecule is CCn1cc(COc2ccc(Cl)cc2C(C)=O)cn1. The standard InChI is InChI=1S/C14H15ClN2O2/c1-3-17-8-11(7-16-17)9-19-14-5-4-12(15)6-13(14)10(2)18/h4-8H,3,9H2,1-2H3. The summed E-state index contributed by atoms with van der Waals surface area (Å²) in [7, 11) is 0. The number of rotatable bonds is 5. The highest BCUT2D eigenvalue weighted by molar-refractivity contribution is 6.31. The molecule has 2 aromatic rings. The molecule has 0 N–H and O–H groups in total. The second-order valence-electron chi connectivity index (χ2n) is 4.19. The molecule has 0 saturated heterocycles. The van der Waals surface area contributed by atoms with Gasteiger partial charge in [-0.05, 0) is 32.0 Å². The molecule has 0 aliphatic heterocycles. The van der Waals surface area contributed by atoms with Crippen molar-refractivity contribution in [2.45, 2.75) is 27.0 Å². The summed E-state index contributed by atoms with van der Waals surface area (Å²) >= 11 is 5.88. The van der Waals surface area contributed by atoms with Gasteiger partial charge in [-0.1, -0.05) is 11.6 Å². The average Bonchev–Trinajstić information content (AvgIpc) is 2.85. The van der Waals surface area contributed by atoms with Crippen molar-refractivity contribution >= 4 is 17.4 Å². The second-order valence-corrected chi connectivity index (χ2v) is 4.63. The first kappa shape index (κ1) is 13.6. The van der Waals surface area contributed by atoms with Gasteiger partial charge in [0.1, 0.15) is 12.4 Å². The zero-order chi connectivity index (χ0) is 13.8. The lowest BCUT2D eigenvalue weighted by Crippen LogP contribution is -2.01. The van der Waals surface area contributed by atoms with Crippen molar-refractivity contribution in [2.24, 2.45) is 0 Å². The number of ketones is 1. The number of hydrogen-bond acceptors (Lipinski definition) is 3. The van der Waals surface area contributed by atoms with Crippen LogP contribution in [0.3, 0.4) is 0 Å². The number of nitrogens with zero attached hydrogens (tertiary/aromatic N) is 2. The molecule has 0 spiro atoms. The van der Waals surface area contributed by atoms with Gasteiger partial charge in [0, 0.05) is 23.3 Å². The van der Waals surface area contributed by atoms with Crippen LogP contribution in [0.15, 0.2) is 30.6 Å². The van der Waals surface area contributed by atoms with Gasteiger partial charge in [0.25, 0.3) is 0 Å². The third-order valence-electron chi connectivity index (χ3n) is 2.73. The van der Waals surface area contributed by atoms with Crippen LogP contribution in [-0.2, 0) is 13.2 Å². The normalized spacial score (nSPS) is 10.5. The van der Waals surface area contributed by atoms with Gasteiger partial charge in [0.05, 0.1) is 11.8 Å². The van der Waals surface area contributed by atoms with Crippen LogP contribution in [0.2, 0.25) is 5.02 Å². The van der Waals surface area contributed by atoms with E-state index in [1.54, 1.807) is 24.4 Å². The van der Waals surface area contributed by atoms with Crippen LogP contribution in [0.1, 0.15) is 29.8 Å². The van der Waals surface area contributed by atoms with Crippen molar-refractivity contribution in [3.05, 3.63) is 46.7 Å². The number of carbonyl (C=O) groups excluding carboxylic acids is 1. The molecule has 0 aliphatic carbocycles. The van der Waals surface area contributed by atoms with E-state index in [0.717, 1.165) is 12.1 Å². The zero-order valence-corrected chi connectivity index (χ0v) is 11.6. The van der Waals surface area contributed by atoms with Crippen molar-refractivity contribution in [1.29, 1.82) is 0 Å². The van der Waals surface area contributed by atoms with Gasteiger partial charge in [-0.25, -0.2) is 0 Å². The zero-order valence-electron chi connectivity index (χ0n) is 10.9. The molecule has 0 unspecified atom stereocenters. The number of Topliss-reactive ketones (excluding diaryl/α,β-unsaturated/α-hetero) is 1. The molecule has 0 fully saturated rings. The minimum Gasteiger partial charge on any atom is -0.488 e. The highest BCUT2D eigenvalue weighted by atomic mass is 35.5. The van der Waals surface area contributed by atoms with E-state index in [1.807, 2.05) is 17.8 Å². The minimum atomic E-state index is -0.0678. The Balaban J connectivity index is 2.12. The van der Waals surface area contributed by atoms with E-state index in [9.17, 15) is 4.79 Å². The Morgan fingerprint density at radius 1 is 1.47 bits per heavy atom. The van der Waals surface area contributed by atoms with Gasteiger partial charge in [-0.2, -0.15) is 5.10 Å². The van der Waals surface area contributed by atoms with Gasteiger partial charge in [0.2, 0.25) is 0 Å². The van der Waals surface area contributed by atoms with Crippen LogP contribution >= 0.6 is 11.6 Å².